The van der Waals surface area contributed by atoms with Crippen LogP contribution >= 0.6 is 12.2 Å². The zero-order valence-electron chi connectivity index (χ0n) is 14.2. The van der Waals surface area contributed by atoms with Gasteiger partial charge in [0.25, 0.3) is 0 Å². The third-order valence-electron chi connectivity index (χ3n) is 3.30. The van der Waals surface area contributed by atoms with Crippen molar-refractivity contribution in [3.8, 4) is 0 Å². The van der Waals surface area contributed by atoms with Crippen LogP contribution in [-0.4, -0.2) is 22.9 Å². The van der Waals surface area contributed by atoms with Gasteiger partial charge in [-0.05, 0) is 49.0 Å². The molecule has 0 aromatic heterocycles. The van der Waals surface area contributed by atoms with Crippen LogP contribution in [0.2, 0.25) is 0 Å². The quantitative estimate of drug-likeness (QED) is 0.303. The third kappa shape index (κ3) is 5.98. The molecule has 0 saturated carbocycles. The second kappa shape index (κ2) is 8.74. The highest BCUT2D eigenvalue weighted by atomic mass is 32.1. The summed E-state index contributed by atoms with van der Waals surface area (Å²) >= 11 is 4.95. The molecule has 28 heavy (non-hydrogen) atoms. The maximum atomic E-state index is 13.6. The third-order valence-corrected chi connectivity index (χ3v) is 3.49. The molecule has 2 aromatic carbocycles. The van der Waals surface area contributed by atoms with Crippen LogP contribution in [0.15, 0.2) is 47.6 Å². The van der Waals surface area contributed by atoms with E-state index in [9.17, 15) is 26.7 Å². The first-order valence-corrected chi connectivity index (χ1v) is 8.02. The minimum atomic E-state index is -5.01. The molecule has 2 aromatic rings. The number of rotatable bonds is 4. The van der Waals surface area contributed by atoms with Crippen LogP contribution < -0.4 is 16.1 Å². The van der Waals surface area contributed by atoms with Gasteiger partial charge in [-0.3, -0.25) is 10.2 Å². The number of hydrazone groups is 1. The van der Waals surface area contributed by atoms with Crippen molar-refractivity contribution in [1.82, 2.24) is 5.43 Å². The predicted molar refractivity (Wildman–Crippen MR) is 99.1 cm³/mol. The summed E-state index contributed by atoms with van der Waals surface area (Å²) in [7, 11) is 0. The molecule has 3 N–H and O–H groups in total. The van der Waals surface area contributed by atoms with Crippen molar-refractivity contribution >= 4 is 40.3 Å². The molecule has 0 aliphatic carbocycles. The molecule has 148 valence electrons. The lowest BCUT2D eigenvalue weighted by Gasteiger charge is -2.10. The van der Waals surface area contributed by atoms with Crippen LogP contribution in [-0.2, 0) is 4.79 Å². The number of carbonyl (C=O) groups is 1. The number of alkyl halides is 3. The molecule has 0 heterocycles. The lowest BCUT2D eigenvalue weighted by Crippen LogP contribution is -2.30. The van der Waals surface area contributed by atoms with E-state index in [1.54, 1.807) is 18.3 Å². The van der Waals surface area contributed by atoms with E-state index in [1.807, 2.05) is 0 Å². The smallest absolute Gasteiger partial charge is 0.329 e. The summed E-state index contributed by atoms with van der Waals surface area (Å²) in [6, 6.07) is 8.45. The lowest BCUT2D eigenvalue weighted by atomic mass is 10.1. The normalized spacial score (nSPS) is 11.7. The highest BCUT2D eigenvalue weighted by Gasteiger charge is 2.38. The number of hydrogen-bond acceptors (Lipinski definition) is 3. The Bertz CT molecular complexity index is 930. The van der Waals surface area contributed by atoms with Gasteiger partial charge in [-0.2, -0.15) is 18.3 Å². The second-order valence-corrected chi connectivity index (χ2v) is 5.83. The van der Waals surface area contributed by atoms with Crippen molar-refractivity contribution in [3.05, 3.63) is 59.7 Å². The number of thiocarbonyl (C=S) groups is 1. The van der Waals surface area contributed by atoms with Gasteiger partial charge < -0.3 is 10.6 Å². The standard InChI is InChI=1S/C17H13F5N4OS/c1-9(10-3-2-4-12(7-10)23-15(27)17(20,21)22)25-26-16(28)24-14-6-5-11(18)8-13(14)19/h2-8H,1H3,(H,23,27)(H2,24,26,28)/b25-9-. The molecular weight excluding hydrogens is 403 g/mol. The van der Waals surface area contributed by atoms with E-state index >= 15 is 0 Å². The van der Waals surface area contributed by atoms with E-state index in [-0.39, 0.29) is 16.5 Å². The summed E-state index contributed by atoms with van der Waals surface area (Å²) in [6.45, 7) is 1.54. The van der Waals surface area contributed by atoms with E-state index < -0.39 is 23.7 Å². The van der Waals surface area contributed by atoms with Crippen molar-refractivity contribution in [3.63, 3.8) is 0 Å². The minimum Gasteiger partial charge on any atom is -0.329 e. The van der Waals surface area contributed by atoms with Gasteiger partial charge in [0.1, 0.15) is 11.6 Å². The molecule has 0 atom stereocenters. The van der Waals surface area contributed by atoms with E-state index in [1.165, 1.54) is 18.2 Å². The number of anilines is 2. The number of hydrogen-bond donors (Lipinski definition) is 3. The highest BCUT2D eigenvalue weighted by molar-refractivity contribution is 7.80. The number of benzene rings is 2. The minimum absolute atomic E-state index is 0.0661. The van der Waals surface area contributed by atoms with Crippen molar-refractivity contribution in [2.75, 3.05) is 10.6 Å². The van der Waals surface area contributed by atoms with Crippen LogP contribution in [0.25, 0.3) is 0 Å². The van der Waals surface area contributed by atoms with Crippen molar-refractivity contribution in [2.45, 2.75) is 13.1 Å². The zero-order valence-corrected chi connectivity index (χ0v) is 15.0. The fourth-order valence-electron chi connectivity index (χ4n) is 1.96. The van der Waals surface area contributed by atoms with Crippen molar-refractivity contribution in [1.29, 1.82) is 0 Å². The summed E-state index contributed by atoms with van der Waals surface area (Å²) in [6.07, 6.45) is -5.01. The highest BCUT2D eigenvalue weighted by Crippen LogP contribution is 2.19. The van der Waals surface area contributed by atoms with Crippen LogP contribution in [0.1, 0.15) is 12.5 Å². The first-order chi connectivity index (χ1) is 13.1. The average molecular weight is 416 g/mol. The topological polar surface area (TPSA) is 65.5 Å². The van der Waals surface area contributed by atoms with E-state index in [2.05, 4.69) is 15.8 Å². The first kappa shape index (κ1) is 21.2. The van der Waals surface area contributed by atoms with Crippen molar-refractivity contribution in [2.24, 2.45) is 5.10 Å². The number of nitrogens with zero attached hydrogens (tertiary/aromatic N) is 1. The molecule has 1 amide bonds. The van der Waals surface area contributed by atoms with Gasteiger partial charge in [0.15, 0.2) is 5.11 Å². The van der Waals surface area contributed by atoms with Crippen LogP contribution in [0.3, 0.4) is 0 Å². The Balaban J connectivity index is 2.03. The molecule has 2 rings (SSSR count). The first-order valence-electron chi connectivity index (χ1n) is 7.61. The molecule has 5 nitrogen and oxygen atoms in total. The van der Waals surface area contributed by atoms with Gasteiger partial charge in [0, 0.05) is 11.8 Å². The molecule has 0 fully saturated rings. The van der Waals surface area contributed by atoms with E-state index in [0.29, 0.717) is 17.3 Å². The molecule has 0 saturated heterocycles. The SMILES string of the molecule is C/C(=N/NC(=S)Nc1ccc(F)cc1F)c1cccc(NC(=O)C(F)(F)F)c1. The summed E-state index contributed by atoms with van der Waals surface area (Å²) in [5.74, 6) is -3.68. The number of halogens is 5. The molecule has 0 aliphatic rings. The Morgan fingerprint density at radius 1 is 1.07 bits per heavy atom. The average Bonchev–Trinajstić information content (AvgIpc) is 2.61. The molecular formula is C17H13F5N4OS. The van der Waals surface area contributed by atoms with Crippen LogP contribution in [0.5, 0.6) is 0 Å². The van der Waals surface area contributed by atoms with Gasteiger partial charge in [-0.25, -0.2) is 8.78 Å². The van der Waals surface area contributed by atoms with Gasteiger partial charge in [-0.15, -0.1) is 0 Å². The Kier molecular flexibility index (Phi) is 6.62. The van der Waals surface area contributed by atoms with Gasteiger partial charge in [0.2, 0.25) is 0 Å². The molecule has 0 bridgehead atoms. The number of carbonyl (C=O) groups excluding carboxylic acids is 1. The Hall–Kier alpha value is -3.08. The maximum Gasteiger partial charge on any atom is 0.471 e. The molecule has 0 spiro atoms. The summed E-state index contributed by atoms with van der Waals surface area (Å²) < 4.78 is 63.4. The van der Waals surface area contributed by atoms with Crippen LogP contribution in [0, 0.1) is 11.6 Å². The largest absolute Gasteiger partial charge is 0.471 e. The van der Waals surface area contributed by atoms with Crippen LogP contribution in [0.4, 0.5) is 33.3 Å². The molecule has 0 unspecified atom stereocenters. The Labute approximate surface area is 161 Å². The van der Waals surface area contributed by atoms with Gasteiger partial charge >= 0.3 is 12.1 Å². The Morgan fingerprint density at radius 3 is 2.43 bits per heavy atom. The predicted octanol–water partition coefficient (Wildman–Crippen LogP) is 4.18. The lowest BCUT2D eigenvalue weighted by molar-refractivity contribution is -0.167. The molecule has 0 radical (unpaired) electrons. The summed E-state index contributed by atoms with van der Waals surface area (Å²) in [5.41, 5.74) is 3.04. The van der Waals surface area contributed by atoms with E-state index in [0.717, 1.165) is 12.1 Å². The molecule has 11 heteroatoms. The fourth-order valence-corrected chi connectivity index (χ4v) is 2.12. The maximum absolute atomic E-state index is 13.6. The summed E-state index contributed by atoms with van der Waals surface area (Å²) in [5, 5.41) is 8.07. The van der Waals surface area contributed by atoms with Gasteiger partial charge in [-0.1, -0.05) is 12.1 Å². The zero-order chi connectivity index (χ0) is 20.9. The monoisotopic (exact) mass is 416 g/mol. The van der Waals surface area contributed by atoms with Gasteiger partial charge in [0.05, 0.1) is 11.4 Å². The molecule has 0 aliphatic heterocycles. The fraction of sp³-hybridized carbons (Fsp3) is 0.118. The second-order valence-electron chi connectivity index (χ2n) is 5.42. The number of nitrogens with one attached hydrogen (secondary N) is 3. The van der Waals surface area contributed by atoms with Crippen molar-refractivity contribution < 1.29 is 26.7 Å². The Morgan fingerprint density at radius 2 is 1.79 bits per heavy atom. The summed E-state index contributed by atoms with van der Waals surface area (Å²) in [4.78, 5) is 11.0. The van der Waals surface area contributed by atoms with E-state index in [4.69, 9.17) is 12.2 Å². The number of amides is 1.